The SMILES string of the molecule is CCC/C=C\C/C=C\CCCCCCCC(=O)OCCCCCCCCCCCCCCCCCCCCCCCCCCCCCCCCCCC(=O)NC(CO)C(O)/C=C/CCCCCCCCCCCCCCCCCCCC. The molecule has 0 saturated heterocycles. The summed E-state index contributed by atoms with van der Waals surface area (Å²) in [4.78, 5) is 24.6. The number of carbonyl (C=O) groups excluding carboxylic acids is 2. The van der Waals surface area contributed by atoms with Gasteiger partial charge in [0.1, 0.15) is 0 Å². The fourth-order valence-electron chi connectivity index (χ4n) is 11.7. The highest BCUT2D eigenvalue weighted by Gasteiger charge is 2.18. The third-order valence-corrected chi connectivity index (χ3v) is 17.4. The molecule has 0 aliphatic carbocycles. The van der Waals surface area contributed by atoms with Crippen LogP contribution >= 0.6 is 0 Å². The molecule has 0 aromatic rings. The van der Waals surface area contributed by atoms with E-state index in [0.717, 1.165) is 51.4 Å². The van der Waals surface area contributed by atoms with E-state index >= 15 is 0 Å². The van der Waals surface area contributed by atoms with Crippen molar-refractivity contribution in [3.8, 4) is 0 Å². The largest absolute Gasteiger partial charge is 0.466 e. The van der Waals surface area contributed by atoms with Crippen LogP contribution in [0.4, 0.5) is 0 Å². The first-order chi connectivity index (χ1) is 40.5. The average molecular weight is 1150 g/mol. The van der Waals surface area contributed by atoms with Crippen LogP contribution in [0.5, 0.6) is 0 Å². The van der Waals surface area contributed by atoms with Crippen molar-refractivity contribution in [2.75, 3.05) is 13.2 Å². The predicted molar refractivity (Wildman–Crippen MR) is 361 cm³/mol. The van der Waals surface area contributed by atoms with Crippen LogP contribution in [0.1, 0.15) is 412 Å². The van der Waals surface area contributed by atoms with E-state index in [2.05, 4.69) is 43.5 Å². The zero-order valence-electron chi connectivity index (χ0n) is 55.5. The molecule has 0 aromatic carbocycles. The molecule has 2 unspecified atom stereocenters. The fourth-order valence-corrected chi connectivity index (χ4v) is 11.7. The Morgan fingerprint density at radius 2 is 0.634 bits per heavy atom. The van der Waals surface area contributed by atoms with Gasteiger partial charge in [0.15, 0.2) is 0 Å². The molecule has 0 saturated carbocycles. The maximum atomic E-state index is 12.5. The quantitative estimate of drug-likeness (QED) is 0.0320. The molecule has 0 radical (unpaired) electrons. The summed E-state index contributed by atoms with van der Waals surface area (Å²) in [6.07, 6.45) is 92.5. The van der Waals surface area contributed by atoms with Gasteiger partial charge in [0.25, 0.3) is 0 Å². The van der Waals surface area contributed by atoms with E-state index in [1.165, 1.54) is 334 Å². The molecule has 0 heterocycles. The smallest absolute Gasteiger partial charge is 0.305 e. The summed E-state index contributed by atoms with van der Waals surface area (Å²) in [6.45, 7) is 4.88. The van der Waals surface area contributed by atoms with Crippen LogP contribution in [-0.4, -0.2) is 47.4 Å². The van der Waals surface area contributed by atoms with E-state index in [1.807, 2.05) is 6.08 Å². The molecule has 0 fully saturated rings. The van der Waals surface area contributed by atoms with Gasteiger partial charge in [0.2, 0.25) is 5.91 Å². The number of rotatable bonds is 70. The van der Waals surface area contributed by atoms with Gasteiger partial charge in [-0.05, 0) is 57.8 Å². The molecular weight excluding hydrogens is 1010 g/mol. The van der Waals surface area contributed by atoms with E-state index in [-0.39, 0.29) is 18.5 Å². The molecule has 0 aliphatic rings. The lowest BCUT2D eigenvalue weighted by atomic mass is 10.0. The first-order valence-corrected chi connectivity index (χ1v) is 37.3. The normalized spacial score (nSPS) is 12.7. The molecule has 2 atom stereocenters. The maximum Gasteiger partial charge on any atom is 0.305 e. The lowest BCUT2D eigenvalue weighted by molar-refractivity contribution is -0.143. The molecule has 0 aromatic heterocycles. The lowest BCUT2D eigenvalue weighted by Gasteiger charge is -2.20. The van der Waals surface area contributed by atoms with Crippen molar-refractivity contribution in [1.29, 1.82) is 0 Å². The van der Waals surface area contributed by atoms with E-state index in [0.29, 0.717) is 19.4 Å². The van der Waals surface area contributed by atoms with Crippen molar-refractivity contribution in [2.24, 2.45) is 0 Å². The molecule has 3 N–H and O–H groups in total. The molecule has 1 amide bonds. The predicted octanol–water partition coefficient (Wildman–Crippen LogP) is 24.3. The molecular formula is C76H145NO5. The minimum Gasteiger partial charge on any atom is -0.466 e. The second-order valence-electron chi connectivity index (χ2n) is 25.6. The second-order valence-corrected chi connectivity index (χ2v) is 25.6. The Kier molecular flexibility index (Phi) is 69.9. The molecule has 0 aliphatic heterocycles. The van der Waals surface area contributed by atoms with Crippen molar-refractivity contribution in [3.63, 3.8) is 0 Å². The number of amides is 1. The summed E-state index contributed by atoms with van der Waals surface area (Å²) in [5.41, 5.74) is 0. The Hall–Kier alpha value is -1.92. The Balaban J connectivity index is 3.35. The summed E-state index contributed by atoms with van der Waals surface area (Å²) < 4.78 is 5.48. The highest BCUT2D eigenvalue weighted by atomic mass is 16.5. The molecule has 82 heavy (non-hydrogen) atoms. The lowest BCUT2D eigenvalue weighted by Crippen LogP contribution is -2.45. The first-order valence-electron chi connectivity index (χ1n) is 37.3. The van der Waals surface area contributed by atoms with Crippen molar-refractivity contribution >= 4 is 11.9 Å². The van der Waals surface area contributed by atoms with Gasteiger partial charge in [0, 0.05) is 12.8 Å². The molecule has 6 nitrogen and oxygen atoms in total. The third kappa shape index (κ3) is 67.2. The zero-order valence-corrected chi connectivity index (χ0v) is 55.5. The van der Waals surface area contributed by atoms with Crippen LogP contribution in [0.15, 0.2) is 36.5 Å². The minimum absolute atomic E-state index is 0.00593. The van der Waals surface area contributed by atoms with Crippen molar-refractivity contribution in [3.05, 3.63) is 36.5 Å². The van der Waals surface area contributed by atoms with Crippen LogP contribution in [0.3, 0.4) is 0 Å². The van der Waals surface area contributed by atoms with Crippen LogP contribution in [0, 0.1) is 0 Å². The zero-order chi connectivity index (χ0) is 59.2. The Morgan fingerprint density at radius 1 is 0.341 bits per heavy atom. The van der Waals surface area contributed by atoms with Gasteiger partial charge in [-0.2, -0.15) is 0 Å². The Labute approximate surface area is 513 Å². The van der Waals surface area contributed by atoms with Gasteiger partial charge in [0.05, 0.1) is 25.4 Å². The van der Waals surface area contributed by atoms with Gasteiger partial charge in [-0.15, -0.1) is 0 Å². The summed E-state index contributed by atoms with van der Waals surface area (Å²) in [6, 6.07) is -0.625. The fraction of sp³-hybridized carbons (Fsp3) is 0.895. The Morgan fingerprint density at radius 3 is 0.976 bits per heavy atom. The summed E-state index contributed by atoms with van der Waals surface area (Å²) in [5.74, 6) is -0.0536. The maximum absolute atomic E-state index is 12.5. The number of carbonyl (C=O) groups is 2. The number of aliphatic hydroxyl groups is 2. The number of ether oxygens (including phenoxy) is 1. The highest BCUT2D eigenvalue weighted by Crippen LogP contribution is 2.19. The van der Waals surface area contributed by atoms with Gasteiger partial charge in [-0.1, -0.05) is 378 Å². The average Bonchev–Trinajstić information content (AvgIpc) is 3.48. The van der Waals surface area contributed by atoms with Crippen LogP contribution in [0.25, 0.3) is 0 Å². The molecule has 0 rings (SSSR count). The van der Waals surface area contributed by atoms with E-state index in [4.69, 9.17) is 4.74 Å². The summed E-state index contributed by atoms with van der Waals surface area (Å²) in [5, 5.41) is 23.3. The van der Waals surface area contributed by atoms with E-state index in [9.17, 15) is 19.8 Å². The van der Waals surface area contributed by atoms with E-state index < -0.39 is 12.1 Å². The van der Waals surface area contributed by atoms with Gasteiger partial charge >= 0.3 is 5.97 Å². The number of allylic oxidation sites excluding steroid dienone is 5. The third-order valence-electron chi connectivity index (χ3n) is 17.4. The van der Waals surface area contributed by atoms with Gasteiger partial charge in [-0.25, -0.2) is 0 Å². The molecule has 6 heteroatoms. The Bertz CT molecular complexity index is 1330. The monoisotopic (exact) mass is 1150 g/mol. The van der Waals surface area contributed by atoms with Crippen molar-refractivity contribution < 1.29 is 24.5 Å². The number of hydrogen-bond donors (Lipinski definition) is 3. The molecule has 484 valence electrons. The second kappa shape index (κ2) is 71.6. The van der Waals surface area contributed by atoms with Crippen LogP contribution in [-0.2, 0) is 14.3 Å². The number of esters is 1. The van der Waals surface area contributed by atoms with Crippen LogP contribution < -0.4 is 5.32 Å². The number of unbranched alkanes of at least 4 members (excludes halogenated alkanes) is 55. The molecule has 0 bridgehead atoms. The standard InChI is InChI=1S/C76H145NO5/c1-3-5-7-9-11-13-15-17-18-19-20-35-38-41-45-48-52-56-60-64-68-74(79)73(72-78)77-75(80)69-65-61-57-53-49-46-42-39-36-33-31-29-27-25-23-21-22-24-26-28-30-32-34-37-40-43-47-51-55-59-63-67-71-82-76(81)70-66-62-58-54-50-44-16-14-12-10-8-6-4-2/h8,10,14,16,64,68,73-74,78-79H,3-7,9,11-13,15,17-63,65-67,69-72H2,1-2H3,(H,77,80)/b10-8-,16-14-,68-64+. The molecule has 0 spiro atoms. The van der Waals surface area contributed by atoms with E-state index in [1.54, 1.807) is 6.08 Å². The summed E-state index contributed by atoms with van der Waals surface area (Å²) >= 11 is 0. The number of nitrogens with one attached hydrogen (secondary N) is 1. The number of aliphatic hydroxyl groups excluding tert-OH is 2. The minimum atomic E-state index is -0.842. The number of hydrogen-bond acceptors (Lipinski definition) is 5. The topological polar surface area (TPSA) is 95.9 Å². The van der Waals surface area contributed by atoms with Crippen molar-refractivity contribution in [1.82, 2.24) is 5.32 Å². The summed E-state index contributed by atoms with van der Waals surface area (Å²) in [7, 11) is 0. The van der Waals surface area contributed by atoms with Gasteiger partial charge in [-0.3, -0.25) is 9.59 Å². The van der Waals surface area contributed by atoms with Crippen molar-refractivity contribution in [2.45, 2.75) is 424 Å². The van der Waals surface area contributed by atoms with Gasteiger partial charge < -0.3 is 20.3 Å². The first kappa shape index (κ1) is 80.1. The van der Waals surface area contributed by atoms with Crippen LogP contribution in [0.2, 0.25) is 0 Å². The highest BCUT2D eigenvalue weighted by molar-refractivity contribution is 5.76.